The molecule has 0 saturated heterocycles. The Bertz CT molecular complexity index is 530. The largest absolute Gasteiger partial charge is 0.388 e. The molecule has 0 bridgehead atoms. The molecule has 1 saturated carbocycles. The third kappa shape index (κ3) is 1.63. The van der Waals surface area contributed by atoms with Gasteiger partial charge in [0.1, 0.15) is 0 Å². The fourth-order valence-corrected chi connectivity index (χ4v) is 3.77. The minimum Gasteiger partial charge on any atom is -0.388 e. The SMILES string of the molecule is N#CC1(C2(O)CCc3cc(Br)ccc3C2)CCC1. The molecule has 1 aromatic carbocycles. The minimum absolute atomic E-state index is 0.488. The quantitative estimate of drug-likeness (QED) is 0.864. The van der Waals surface area contributed by atoms with Gasteiger partial charge in [0.25, 0.3) is 0 Å². The standard InChI is InChI=1S/C15H16BrNO/c16-13-3-2-12-9-15(18,7-4-11(12)8-13)14(10-17)5-1-6-14/h2-3,8,18H,1,4-7,9H2. The van der Waals surface area contributed by atoms with Crippen molar-refractivity contribution in [3.63, 3.8) is 0 Å². The predicted molar refractivity (Wildman–Crippen MR) is 73.0 cm³/mol. The average Bonchev–Trinajstić information content (AvgIpc) is 2.29. The zero-order valence-corrected chi connectivity index (χ0v) is 11.8. The van der Waals surface area contributed by atoms with Gasteiger partial charge in [0, 0.05) is 10.9 Å². The molecule has 0 aliphatic heterocycles. The molecule has 3 heteroatoms. The Hall–Kier alpha value is -0.850. The minimum atomic E-state index is -0.819. The first kappa shape index (κ1) is 12.2. The highest BCUT2D eigenvalue weighted by Crippen LogP contribution is 2.53. The van der Waals surface area contributed by atoms with Crippen molar-refractivity contribution in [3.8, 4) is 6.07 Å². The molecule has 1 N–H and O–H groups in total. The highest BCUT2D eigenvalue weighted by atomic mass is 79.9. The summed E-state index contributed by atoms with van der Waals surface area (Å²) in [6.07, 6.45) is 4.99. The van der Waals surface area contributed by atoms with Crippen LogP contribution in [0.1, 0.15) is 36.8 Å². The van der Waals surface area contributed by atoms with E-state index in [2.05, 4.69) is 34.1 Å². The zero-order valence-electron chi connectivity index (χ0n) is 10.2. The molecule has 1 unspecified atom stereocenters. The maximum Gasteiger partial charge on any atom is 0.0876 e. The summed E-state index contributed by atoms with van der Waals surface area (Å²) in [5, 5.41) is 20.4. The van der Waals surface area contributed by atoms with Crippen LogP contribution in [-0.4, -0.2) is 10.7 Å². The van der Waals surface area contributed by atoms with E-state index in [1.165, 1.54) is 11.1 Å². The summed E-state index contributed by atoms with van der Waals surface area (Å²) in [7, 11) is 0. The van der Waals surface area contributed by atoms with Gasteiger partial charge in [-0.3, -0.25) is 0 Å². The maximum atomic E-state index is 10.9. The van der Waals surface area contributed by atoms with Gasteiger partial charge in [0.2, 0.25) is 0 Å². The Kier molecular flexibility index (Phi) is 2.76. The first-order chi connectivity index (χ1) is 8.59. The monoisotopic (exact) mass is 305 g/mol. The van der Waals surface area contributed by atoms with Crippen LogP contribution in [0.2, 0.25) is 0 Å². The van der Waals surface area contributed by atoms with Crippen molar-refractivity contribution in [2.45, 2.75) is 44.1 Å². The van der Waals surface area contributed by atoms with Crippen molar-refractivity contribution in [1.29, 1.82) is 5.26 Å². The number of hydrogen-bond acceptors (Lipinski definition) is 2. The lowest BCUT2D eigenvalue weighted by atomic mass is 9.55. The zero-order chi connectivity index (χ0) is 12.8. The molecule has 1 atom stereocenters. The topological polar surface area (TPSA) is 44.0 Å². The van der Waals surface area contributed by atoms with Gasteiger partial charge in [-0.2, -0.15) is 5.26 Å². The number of nitriles is 1. The molecule has 18 heavy (non-hydrogen) atoms. The van der Waals surface area contributed by atoms with E-state index in [0.29, 0.717) is 12.8 Å². The Morgan fingerprint density at radius 2 is 2.00 bits per heavy atom. The van der Waals surface area contributed by atoms with Crippen molar-refractivity contribution in [2.75, 3.05) is 0 Å². The molecular formula is C15H16BrNO. The number of aliphatic hydroxyl groups is 1. The van der Waals surface area contributed by atoms with Crippen molar-refractivity contribution >= 4 is 15.9 Å². The van der Waals surface area contributed by atoms with Gasteiger partial charge < -0.3 is 5.11 Å². The third-order valence-corrected chi connectivity index (χ3v) is 5.26. The van der Waals surface area contributed by atoms with Gasteiger partial charge >= 0.3 is 0 Å². The fourth-order valence-electron chi connectivity index (χ4n) is 3.36. The molecule has 1 aromatic rings. The molecule has 0 radical (unpaired) electrons. The molecule has 3 rings (SSSR count). The highest BCUT2D eigenvalue weighted by Gasteiger charge is 2.55. The Morgan fingerprint density at radius 3 is 2.61 bits per heavy atom. The van der Waals surface area contributed by atoms with Crippen LogP contribution in [0.4, 0.5) is 0 Å². The Morgan fingerprint density at radius 1 is 1.22 bits per heavy atom. The van der Waals surface area contributed by atoms with Gasteiger partial charge in [0.15, 0.2) is 0 Å². The van der Waals surface area contributed by atoms with Crippen LogP contribution < -0.4 is 0 Å². The van der Waals surface area contributed by atoms with Gasteiger partial charge in [-0.25, -0.2) is 0 Å². The summed E-state index contributed by atoms with van der Waals surface area (Å²) in [6, 6.07) is 8.64. The number of benzene rings is 1. The molecule has 94 valence electrons. The molecule has 1 fully saturated rings. The van der Waals surface area contributed by atoms with Gasteiger partial charge in [-0.05, 0) is 48.9 Å². The van der Waals surface area contributed by atoms with Crippen LogP contribution in [0.5, 0.6) is 0 Å². The summed E-state index contributed by atoms with van der Waals surface area (Å²) in [5.74, 6) is 0. The Balaban J connectivity index is 1.95. The van der Waals surface area contributed by atoms with Crippen molar-refractivity contribution < 1.29 is 5.11 Å². The predicted octanol–water partition coefficient (Wildman–Crippen LogP) is 3.36. The van der Waals surface area contributed by atoms with Gasteiger partial charge in [-0.1, -0.05) is 28.4 Å². The second kappa shape index (κ2) is 4.08. The van der Waals surface area contributed by atoms with E-state index in [0.717, 1.165) is 30.2 Å². The van der Waals surface area contributed by atoms with Crippen LogP contribution in [0.25, 0.3) is 0 Å². The summed E-state index contributed by atoms with van der Waals surface area (Å²) in [6.45, 7) is 0. The highest BCUT2D eigenvalue weighted by molar-refractivity contribution is 9.10. The molecular weight excluding hydrogens is 290 g/mol. The first-order valence-electron chi connectivity index (χ1n) is 6.50. The Labute approximate surface area is 116 Å². The van der Waals surface area contributed by atoms with E-state index in [-0.39, 0.29) is 0 Å². The maximum absolute atomic E-state index is 10.9. The lowest BCUT2D eigenvalue weighted by Gasteiger charge is -2.50. The molecule has 2 aliphatic rings. The van der Waals surface area contributed by atoms with E-state index in [4.69, 9.17) is 0 Å². The molecule has 0 spiro atoms. The molecule has 2 aliphatic carbocycles. The summed E-state index contributed by atoms with van der Waals surface area (Å²) < 4.78 is 1.09. The van der Waals surface area contributed by atoms with Crippen LogP contribution in [0, 0.1) is 16.7 Å². The van der Waals surface area contributed by atoms with E-state index in [9.17, 15) is 10.4 Å². The molecule has 0 amide bonds. The van der Waals surface area contributed by atoms with Crippen LogP contribution in [-0.2, 0) is 12.8 Å². The van der Waals surface area contributed by atoms with E-state index < -0.39 is 11.0 Å². The first-order valence-corrected chi connectivity index (χ1v) is 7.29. The second-order valence-electron chi connectivity index (χ2n) is 5.67. The number of rotatable bonds is 1. The number of aryl methyl sites for hydroxylation is 1. The van der Waals surface area contributed by atoms with Crippen molar-refractivity contribution in [2.24, 2.45) is 5.41 Å². The summed E-state index contributed by atoms with van der Waals surface area (Å²) >= 11 is 3.48. The second-order valence-corrected chi connectivity index (χ2v) is 6.58. The number of fused-ring (bicyclic) bond motifs is 1. The van der Waals surface area contributed by atoms with Crippen molar-refractivity contribution in [1.82, 2.24) is 0 Å². The summed E-state index contributed by atoms with van der Waals surface area (Å²) in [4.78, 5) is 0. The van der Waals surface area contributed by atoms with Crippen LogP contribution in [0.15, 0.2) is 22.7 Å². The number of hydrogen-bond donors (Lipinski definition) is 1. The van der Waals surface area contributed by atoms with E-state index >= 15 is 0 Å². The normalized spacial score (nSPS) is 28.9. The number of nitrogens with zero attached hydrogens (tertiary/aromatic N) is 1. The van der Waals surface area contributed by atoms with Crippen LogP contribution in [0.3, 0.4) is 0 Å². The van der Waals surface area contributed by atoms with E-state index in [1.54, 1.807) is 0 Å². The van der Waals surface area contributed by atoms with Gasteiger partial charge in [0.05, 0.1) is 17.1 Å². The fraction of sp³-hybridized carbons (Fsp3) is 0.533. The molecule has 0 heterocycles. The molecule has 2 nitrogen and oxygen atoms in total. The summed E-state index contributed by atoms with van der Waals surface area (Å²) in [5.41, 5.74) is 1.20. The average molecular weight is 306 g/mol. The smallest absolute Gasteiger partial charge is 0.0876 e. The van der Waals surface area contributed by atoms with Gasteiger partial charge in [-0.15, -0.1) is 0 Å². The third-order valence-electron chi connectivity index (χ3n) is 4.77. The molecule has 0 aromatic heterocycles. The number of halogens is 1. The van der Waals surface area contributed by atoms with Crippen molar-refractivity contribution in [3.05, 3.63) is 33.8 Å². The van der Waals surface area contributed by atoms with Crippen LogP contribution >= 0.6 is 15.9 Å². The van der Waals surface area contributed by atoms with E-state index in [1.807, 2.05) is 6.07 Å². The lowest BCUT2D eigenvalue weighted by molar-refractivity contribution is -0.102. The lowest BCUT2D eigenvalue weighted by Crippen LogP contribution is -2.54.